The molecule has 1 aromatic heterocycles. The summed E-state index contributed by atoms with van der Waals surface area (Å²) in [5, 5.41) is 2.35. The first kappa shape index (κ1) is 8.56. The van der Waals surface area contributed by atoms with E-state index in [9.17, 15) is 4.79 Å². The molecule has 0 aliphatic heterocycles. The van der Waals surface area contributed by atoms with Crippen LogP contribution < -0.4 is 0 Å². The highest BCUT2D eigenvalue weighted by Crippen LogP contribution is 2.26. The number of rotatable bonds is 1. The zero-order valence-electron chi connectivity index (χ0n) is 6.18. The van der Waals surface area contributed by atoms with Crippen LogP contribution in [0.15, 0.2) is 5.38 Å². The fourth-order valence-corrected chi connectivity index (χ4v) is 1.84. The van der Waals surface area contributed by atoms with Crippen molar-refractivity contribution in [3.8, 4) is 0 Å². The average molecular weight is 191 g/mol. The number of carbonyl (C=O) groups is 1. The minimum absolute atomic E-state index is 0.320. The minimum Gasteiger partial charge on any atom is -0.465 e. The molecule has 0 spiro atoms. The maximum Gasteiger partial charge on any atom is 0.348 e. The molecule has 1 aromatic rings. The Morgan fingerprint density at radius 3 is 2.73 bits per heavy atom. The largest absolute Gasteiger partial charge is 0.465 e. The second-order valence-electron chi connectivity index (χ2n) is 2.03. The van der Waals surface area contributed by atoms with Gasteiger partial charge in [-0.15, -0.1) is 11.3 Å². The molecule has 0 saturated heterocycles. The van der Waals surface area contributed by atoms with Gasteiger partial charge in [0, 0.05) is 5.38 Å². The zero-order valence-corrected chi connectivity index (χ0v) is 7.75. The van der Waals surface area contributed by atoms with E-state index < -0.39 is 0 Å². The number of thiophene rings is 1. The van der Waals surface area contributed by atoms with Gasteiger partial charge in [-0.05, 0) is 12.5 Å². The summed E-state index contributed by atoms with van der Waals surface area (Å²) in [7, 11) is 1.36. The Labute approximate surface area is 73.7 Å². The molecule has 0 aromatic carbocycles. The Balaban J connectivity index is 3.04. The van der Waals surface area contributed by atoms with E-state index in [2.05, 4.69) is 4.74 Å². The summed E-state index contributed by atoms with van der Waals surface area (Å²) in [6, 6.07) is 0. The van der Waals surface area contributed by atoms with Crippen LogP contribution in [0.2, 0.25) is 5.02 Å². The molecular weight excluding hydrogens is 184 g/mol. The first-order valence-corrected chi connectivity index (χ1v) is 4.24. The van der Waals surface area contributed by atoms with Crippen LogP contribution in [0.25, 0.3) is 0 Å². The lowest BCUT2D eigenvalue weighted by atomic mass is 10.3. The highest BCUT2D eigenvalue weighted by molar-refractivity contribution is 7.12. The van der Waals surface area contributed by atoms with E-state index in [0.717, 1.165) is 5.56 Å². The van der Waals surface area contributed by atoms with E-state index in [1.165, 1.54) is 18.4 Å². The van der Waals surface area contributed by atoms with E-state index >= 15 is 0 Å². The van der Waals surface area contributed by atoms with Crippen molar-refractivity contribution in [3.63, 3.8) is 0 Å². The molecule has 0 amide bonds. The molecule has 0 fully saturated rings. The third-order valence-corrected chi connectivity index (χ3v) is 2.93. The van der Waals surface area contributed by atoms with Gasteiger partial charge in [-0.3, -0.25) is 0 Å². The first-order chi connectivity index (χ1) is 5.16. The second-order valence-corrected chi connectivity index (χ2v) is 3.32. The molecule has 60 valence electrons. The molecule has 0 saturated carbocycles. The molecule has 0 radical (unpaired) electrons. The normalized spacial score (nSPS) is 9.73. The Bertz CT molecular complexity index is 280. The third-order valence-electron chi connectivity index (χ3n) is 1.35. The summed E-state index contributed by atoms with van der Waals surface area (Å²) in [6.07, 6.45) is 0. The number of hydrogen-bond donors (Lipinski definition) is 0. The van der Waals surface area contributed by atoms with Crippen LogP contribution in [0.5, 0.6) is 0 Å². The minimum atomic E-state index is -0.320. The smallest absolute Gasteiger partial charge is 0.348 e. The van der Waals surface area contributed by atoms with Gasteiger partial charge in [-0.25, -0.2) is 4.79 Å². The molecule has 1 rings (SSSR count). The van der Waals surface area contributed by atoms with Crippen molar-refractivity contribution in [2.45, 2.75) is 6.92 Å². The third kappa shape index (κ3) is 1.54. The van der Waals surface area contributed by atoms with Crippen molar-refractivity contribution in [2.24, 2.45) is 0 Å². The summed E-state index contributed by atoms with van der Waals surface area (Å²) < 4.78 is 4.54. The molecule has 11 heavy (non-hydrogen) atoms. The maximum atomic E-state index is 11.0. The summed E-state index contributed by atoms with van der Waals surface area (Å²) in [6.45, 7) is 1.80. The predicted octanol–water partition coefficient (Wildman–Crippen LogP) is 2.50. The molecule has 0 atom stereocenters. The van der Waals surface area contributed by atoms with Crippen LogP contribution in [0.3, 0.4) is 0 Å². The van der Waals surface area contributed by atoms with Gasteiger partial charge >= 0.3 is 5.97 Å². The van der Waals surface area contributed by atoms with Crippen LogP contribution in [-0.2, 0) is 4.74 Å². The Morgan fingerprint density at radius 1 is 1.73 bits per heavy atom. The molecule has 0 bridgehead atoms. The number of ether oxygens (including phenoxy) is 1. The number of hydrogen-bond acceptors (Lipinski definition) is 3. The lowest BCUT2D eigenvalue weighted by Gasteiger charge is -1.95. The van der Waals surface area contributed by atoms with Gasteiger partial charge in [0.2, 0.25) is 0 Å². The van der Waals surface area contributed by atoms with E-state index in [1.807, 2.05) is 0 Å². The summed E-state index contributed by atoms with van der Waals surface area (Å²) in [4.78, 5) is 11.6. The SMILES string of the molecule is COC(=O)c1scc(Cl)c1C. The van der Waals surface area contributed by atoms with E-state index in [1.54, 1.807) is 12.3 Å². The topological polar surface area (TPSA) is 26.3 Å². The molecule has 1 heterocycles. The zero-order chi connectivity index (χ0) is 8.43. The van der Waals surface area contributed by atoms with Gasteiger partial charge in [0.1, 0.15) is 4.88 Å². The standard InChI is InChI=1S/C7H7ClO2S/c1-4-5(8)3-11-6(4)7(9)10-2/h3H,1-2H3. The van der Waals surface area contributed by atoms with Gasteiger partial charge in [0.15, 0.2) is 0 Å². The van der Waals surface area contributed by atoms with Gasteiger partial charge < -0.3 is 4.74 Å². The Kier molecular flexibility index (Phi) is 2.52. The van der Waals surface area contributed by atoms with Gasteiger partial charge in [-0.2, -0.15) is 0 Å². The summed E-state index contributed by atoms with van der Waals surface area (Å²) >= 11 is 7.04. The van der Waals surface area contributed by atoms with E-state index in [0.29, 0.717) is 9.90 Å². The summed E-state index contributed by atoms with van der Waals surface area (Å²) in [5.74, 6) is -0.320. The first-order valence-electron chi connectivity index (χ1n) is 2.98. The number of carbonyl (C=O) groups excluding carboxylic acids is 1. The quantitative estimate of drug-likeness (QED) is 0.636. The van der Waals surface area contributed by atoms with Crippen molar-refractivity contribution in [3.05, 3.63) is 20.8 Å². The van der Waals surface area contributed by atoms with Crippen LogP contribution in [0.4, 0.5) is 0 Å². The van der Waals surface area contributed by atoms with Gasteiger partial charge in [0.25, 0.3) is 0 Å². The van der Waals surface area contributed by atoms with Crippen molar-refractivity contribution in [1.29, 1.82) is 0 Å². The molecule has 2 nitrogen and oxygen atoms in total. The van der Waals surface area contributed by atoms with E-state index in [4.69, 9.17) is 11.6 Å². The van der Waals surface area contributed by atoms with Gasteiger partial charge in [0.05, 0.1) is 12.1 Å². The molecule has 4 heteroatoms. The number of methoxy groups -OCH3 is 1. The van der Waals surface area contributed by atoms with Crippen molar-refractivity contribution in [1.82, 2.24) is 0 Å². The van der Waals surface area contributed by atoms with Crippen LogP contribution >= 0.6 is 22.9 Å². The molecule has 0 N–H and O–H groups in total. The van der Waals surface area contributed by atoms with Gasteiger partial charge in [-0.1, -0.05) is 11.6 Å². The number of halogens is 1. The van der Waals surface area contributed by atoms with Crippen molar-refractivity contribution in [2.75, 3.05) is 7.11 Å². The predicted molar refractivity (Wildman–Crippen MR) is 45.4 cm³/mol. The highest BCUT2D eigenvalue weighted by Gasteiger charge is 2.13. The molecule has 0 aliphatic carbocycles. The van der Waals surface area contributed by atoms with Crippen molar-refractivity contribution < 1.29 is 9.53 Å². The fraction of sp³-hybridized carbons (Fsp3) is 0.286. The molecule has 0 aliphatic rings. The summed E-state index contributed by atoms with van der Waals surface area (Å²) in [5.41, 5.74) is 0.795. The molecular formula is C7H7ClO2S. The Morgan fingerprint density at radius 2 is 2.36 bits per heavy atom. The molecule has 0 unspecified atom stereocenters. The maximum absolute atomic E-state index is 11.0. The number of esters is 1. The monoisotopic (exact) mass is 190 g/mol. The highest BCUT2D eigenvalue weighted by atomic mass is 35.5. The lowest BCUT2D eigenvalue weighted by molar-refractivity contribution is 0.0605. The average Bonchev–Trinajstić information content (AvgIpc) is 2.32. The Hall–Kier alpha value is -0.540. The fourth-order valence-electron chi connectivity index (χ4n) is 0.690. The van der Waals surface area contributed by atoms with E-state index in [-0.39, 0.29) is 5.97 Å². The van der Waals surface area contributed by atoms with Crippen LogP contribution in [0, 0.1) is 6.92 Å². The lowest BCUT2D eigenvalue weighted by Crippen LogP contribution is -1.99. The van der Waals surface area contributed by atoms with Crippen molar-refractivity contribution >= 4 is 28.9 Å². The van der Waals surface area contributed by atoms with Crippen LogP contribution in [-0.4, -0.2) is 13.1 Å². The van der Waals surface area contributed by atoms with Crippen LogP contribution in [0.1, 0.15) is 15.2 Å². The second kappa shape index (κ2) is 3.24.